The first-order valence-corrected chi connectivity index (χ1v) is 8.77. The maximum atomic E-state index is 14.3. The van der Waals surface area contributed by atoms with Crippen LogP contribution in [0, 0.1) is 11.6 Å². The Morgan fingerprint density at radius 2 is 1.73 bits per heavy atom. The predicted octanol–water partition coefficient (Wildman–Crippen LogP) is 6.35. The highest BCUT2D eigenvalue weighted by atomic mass is 19.4. The lowest BCUT2D eigenvalue weighted by atomic mass is 10.1. The number of alkyl halides is 3. The van der Waals surface area contributed by atoms with E-state index in [4.69, 9.17) is 4.74 Å². The van der Waals surface area contributed by atoms with E-state index in [2.05, 4.69) is 11.3 Å². The zero-order valence-electron chi connectivity index (χ0n) is 15.4. The van der Waals surface area contributed by atoms with Crippen LogP contribution in [0.5, 0.6) is 11.5 Å². The zero-order valence-corrected chi connectivity index (χ0v) is 15.4. The van der Waals surface area contributed by atoms with Crippen LogP contribution in [0.4, 0.5) is 22.0 Å². The molecule has 0 bridgehead atoms. The summed E-state index contributed by atoms with van der Waals surface area (Å²) < 4.78 is 73.8. The molecule has 0 amide bonds. The van der Waals surface area contributed by atoms with Gasteiger partial charge in [-0.05, 0) is 60.2 Å². The van der Waals surface area contributed by atoms with Crippen molar-refractivity contribution in [2.45, 2.75) is 19.2 Å². The van der Waals surface area contributed by atoms with E-state index < -0.39 is 29.7 Å². The van der Waals surface area contributed by atoms with Crippen LogP contribution < -0.4 is 9.47 Å². The number of fused-ring (bicyclic) bond motifs is 1. The molecule has 0 saturated carbocycles. The third kappa shape index (κ3) is 4.94. The number of rotatable bonds is 6. The van der Waals surface area contributed by atoms with Crippen LogP contribution in [-0.4, -0.2) is 12.3 Å². The van der Waals surface area contributed by atoms with Gasteiger partial charge in [0.1, 0.15) is 5.75 Å². The molecule has 3 aromatic carbocycles. The van der Waals surface area contributed by atoms with E-state index in [1.165, 1.54) is 6.07 Å². The number of ether oxygens (including phenoxy) is 2. The minimum absolute atomic E-state index is 0.0217. The Kier molecular flexibility index (Phi) is 6.05. The van der Waals surface area contributed by atoms with Gasteiger partial charge in [-0.2, -0.15) is 0 Å². The Morgan fingerprint density at radius 1 is 1.03 bits per heavy atom. The van der Waals surface area contributed by atoms with Crippen LogP contribution in [0.1, 0.15) is 22.3 Å². The Morgan fingerprint density at radius 3 is 2.37 bits per heavy atom. The number of aryl methyl sites for hydroxylation is 1. The van der Waals surface area contributed by atoms with Gasteiger partial charge in [0.15, 0.2) is 11.6 Å². The van der Waals surface area contributed by atoms with Crippen molar-refractivity contribution in [3.05, 3.63) is 83.9 Å². The Hall–Kier alpha value is -3.42. The van der Waals surface area contributed by atoms with E-state index in [0.717, 1.165) is 30.5 Å². The van der Waals surface area contributed by atoms with Gasteiger partial charge in [0.25, 0.3) is 0 Å². The zero-order chi connectivity index (χ0) is 21.9. The summed E-state index contributed by atoms with van der Waals surface area (Å²) in [5.74, 6) is -5.29. The van der Waals surface area contributed by atoms with Gasteiger partial charge in [-0.3, -0.25) is 0 Å². The monoisotopic (exact) mass is 422 g/mol. The topological polar surface area (TPSA) is 35.5 Å². The molecular formula is C22H15F5O3. The summed E-state index contributed by atoms with van der Waals surface area (Å²) in [4.78, 5) is 12.3. The van der Waals surface area contributed by atoms with Crippen molar-refractivity contribution in [3.8, 4) is 11.5 Å². The van der Waals surface area contributed by atoms with Crippen molar-refractivity contribution in [3.63, 3.8) is 0 Å². The second-order valence-corrected chi connectivity index (χ2v) is 6.35. The molecule has 0 heterocycles. The molecule has 0 radical (unpaired) electrons. The number of benzene rings is 3. The molecule has 3 nitrogen and oxygen atoms in total. The lowest BCUT2D eigenvalue weighted by molar-refractivity contribution is -0.276. The van der Waals surface area contributed by atoms with Gasteiger partial charge in [-0.25, -0.2) is 13.6 Å². The van der Waals surface area contributed by atoms with Gasteiger partial charge < -0.3 is 9.47 Å². The summed E-state index contributed by atoms with van der Waals surface area (Å²) in [5.41, 5.74) is 1.28. The van der Waals surface area contributed by atoms with Gasteiger partial charge in [0, 0.05) is 5.39 Å². The predicted molar refractivity (Wildman–Crippen MR) is 100 cm³/mol. The lowest BCUT2D eigenvalue weighted by Crippen LogP contribution is -2.19. The van der Waals surface area contributed by atoms with Gasteiger partial charge in [-0.1, -0.05) is 18.2 Å². The van der Waals surface area contributed by atoms with Crippen LogP contribution in [0.3, 0.4) is 0 Å². The van der Waals surface area contributed by atoms with E-state index in [-0.39, 0.29) is 22.1 Å². The first kappa shape index (κ1) is 21.3. The number of carbonyl (C=O) groups excluding carboxylic acids is 1. The quantitative estimate of drug-likeness (QED) is 0.201. The SMILES string of the molecule is C=CCCc1ccc(C(=O)Oc2ccc3c(F)c(OC(F)(F)F)c(F)cc3c2)cc1. The van der Waals surface area contributed by atoms with Crippen molar-refractivity contribution in [2.75, 3.05) is 0 Å². The van der Waals surface area contributed by atoms with E-state index in [0.29, 0.717) is 6.07 Å². The summed E-state index contributed by atoms with van der Waals surface area (Å²) >= 11 is 0. The van der Waals surface area contributed by atoms with Crippen molar-refractivity contribution < 1.29 is 36.2 Å². The molecule has 3 aromatic rings. The largest absolute Gasteiger partial charge is 0.573 e. The van der Waals surface area contributed by atoms with E-state index >= 15 is 0 Å². The molecule has 0 aliphatic rings. The molecular weight excluding hydrogens is 407 g/mol. The highest BCUT2D eigenvalue weighted by Crippen LogP contribution is 2.35. The molecule has 0 atom stereocenters. The fraction of sp³-hybridized carbons (Fsp3) is 0.136. The fourth-order valence-corrected chi connectivity index (χ4v) is 2.80. The van der Waals surface area contributed by atoms with Crippen LogP contribution >= 0.6 is 0 Å². The highest BCUT2D eigenvalue weighted by molar-refractivity contribution is 5.92. The number of hydrogen-bond acceptors (Lipinski definition) is 3. The normalized spacial score (nSPS) is 11.4. The van der Waals surface area contributed by atoms with Crippen molar-refractivity contribution >= 4 is 16.7 Å². The van der Waals surface area contributed by atoms with Gasteiger partial charge in [0.2, 0.25) is 5.75 Å². The Labute approximate surface area is 168 Å². The van der Waals surface area contributed by atoms with Gasteiger partial charge in [-0.15, -0.1) is 19.8 Å². The lowest BCUT2D eigenvalue weighted by Gasteiger charge is -2.13. The van der Waals surface area contributed by atoms with E-state index in [1.807, 2.05) is 0 Å². The molecule has 0 aliphatic heterocycles. The Bertz CT molecular complexity index is 1090. The minimum atomic E-state index is -5.24. The number of carbonyl (C=O) groups is 1. The summed E-state index contributed by atoms with van der Waals surface area (Å²) in [7, 11) is 0. The van der Waals surface area contributed by atoms with Gasteiger partial charge >= 0.3 is 12.3 Å². The summed E-state index contributed by atoms with van der Waals surface area (Å²) in [5, 5.41) is -0.411. The van der Waals surface area contributed by atoms with Crippen molar-refractivity contribution in [2.24, 2.45) is 0 Å². The van der Waals surface area contributed by atoms with Crippen LogP contribution in [0.2, 0.25) is 0 Å². The third-order valence-electron chi connectivity index (χ3n) is 4.21. The Balaban J connectivity index is 1.82. The van der Waals surface area contributed by atoms with E-state index in [1.54, 1.807) is 30.3 Å². The first-order valence-electron chi connectivity index (χ1n) is 8.77. The minimum Gasteiger partial charge on any atom is -0.423 e. The number of esters is 1. The van der Waals surface area contributed by atoms with Crippen molar-refractivity contribution in [1.29, 1.82) is 0 Å². The molecule has 0 aromatic heterocycles. The molecule has 8 heteroatoms. The smallest absolute Gasteiger partial charge is 0.423 e. The second kappa shape index (κ2) is 8.52. The fourth-order valence-electron chi connectivity index (χ4n) is 2.80. The van der Waals surface area contributed by atoms with Crippen molar-refractivity contribution in [1.82, 2.24) is 0 Å². The van der Waals surface area contributed by atoms with Crippen LogP contribution in [0.25, 0.3) is 10.8 Å². The highest BCUT2D eigenvalue weighted by Gasteiger charge is 2.34. The maximum absolute atomic E-state index is 14.3. The molecule has 0 aliphatic carbocycles. The summed E-state index contributed by atoms with van der Waals surface area (Å²) in [6.07, 6.45) is -1.89. The summed E-state index contributed by atoms with van der Waals surface area (Å²) in [6, 6.07) is 10.8. The molecule has 0 saturated heterocycles. The van der Waals surface area contributed by atoms with Crippen LogP contribution in [-0.2, 0) is 6.42 Å². The first-order chi connectivity index (χ1) is 14.2. The molecule has 0 spiro atoms. The van der Waals surface area contributed by atoms with Crippen LogP contribution in [0.15, 0.2) is 61.2 Å². The molecule has 0 unspecified atom stereocenters. The average Bonchev–Trinajstić information content (AvgIpc) is 2.69. The maximum Gasteiger partial charge on any atom is 0.573 e. The standard InChI is InChI=1S/C22H15F5O3/c1-2-3-4-13-5-7-14(8-6-13)21(28)29-16-9-10-17-15(11-16)12-18(23)20(19(17)24)30-22(25,26)27/h2,5-12H,1,3-4H2. The molecule has 3 rings (SSSR count). The number of halogens is 5. The van der Waals surface area contributed by atoms with Gasteiger partial charge in [0.05, 0.1) is 5.56 Å². The number of allylic oxidation sites excluding steroid dienone is 1. The molecule has 0 N–H and O–H groups in total. The second-order valence-electron chi connectivity index (χ2n) is 6.35. The number of hydrogen-bond donors (Lipinski definition) is 0. The molecule has 156 valence electrons. The third-order valence-corrected chi connectivity index (χ3v) is 4.21. The average molecular weight is 422 g/mol. The molecule has 30 heavy (non-hydrogen) atoms. The molecule has 0 fully saturated rings. The van der Waals surface area contributed by atoms with E-state index in [9.17, 15) is 26.7 Å². The summed E-state index contributed by atoms with van der Waals surface area (Å²) in [6.45, 7) is 3.64.